The lowest BCUT2D eigenvalue weighted by molar-refractivity contribution is -0.385. The summed E-state index contributed by atoms with van der Waals surface area (Å²) in [7, 11) is 0. The van der Waals surface area contributed by atoms with Gasteiger partial charge in [0.2, 0.25) is 0 Å². The number of carbonyl (C=O) groups excluding carboxylic acids is 1. The number of benzene rings is 1. The van der Waals surface area contributed by atoms with Crippen molar-refractivity contribution < 1.29 is 27.3 Å². The van der Waals surface area contributed by atoms with Crippen LogP contribution in [0.2, 0.25) is 0 Å². The fourth-order valence-electron chi connectivity index (χ4n) is 1.50. The zero-order valence-electron chi connectivity index (χ0n) is 10.5. The average Bonchev–Trinajstić information content (AvgIpc) is 2.35. The lowest BCUT2D eigenvalue weighted by Crippen LogP contribution is -2.26. The van der Waals surface area contributed by atoms with Gasteiger partial charge in [0, 0.05) is 13.0 Å². The van der Waals surface area contributed by atoms with Gasteiger partial charge in [-0.15, -0.1) is 0 Å². The van der Waals surface area contributed by atoms with Gasteiger partial charge < -0.3 is 11.1 Å². The maximum absolute atomic E-state index is 13.1. The molecular weight excluding hydrogens is 298 g/mol. The van der Waals surface area contributed by atoms with E-state index in [1.165, 1.54) is 0 Å². The van der Waals surface area contributed by atoms with Gasteiger partial charge in [-0.2, -0.15) is 13.2 Å². The Morgan fingerprint density at radius 2 is 2.00 bits per heavy atom. The smallest absolute Gasteiger partial charge is 0.389 e. The highest BCUT2D eigenvalue weighted by molar-refractivity contribution is 5.99. The first-order chi connectivity index (χ1) is 9.61. The molecule has 0 spiro atoms. The number of alkyl halides is 3. The van der Waals surface area contributed by atoms with E-state index in [9.17, 15) is 32.5 Å². The molecule has 0 saturated heterocycles. The number of nitro groups is 1. The van der Waals surface area contributed by atoms with Gasteiger partial charge in [-0.1, -0.05) is 0 Å². The lowest BCUT2D eigenvalue weighted by atomic mass is 10.1. The number of nitrogens with zero attached hydrogens (tertiary/aromatic N) is 1. The van der Waals surface area contributed by atoms with Gasteiger partial charge in [0.25, 0.3) is 11.6 Å². The fourth-order valence-corrected chi connectivity index (χ4v) is 1.50. The summed E-state index contributed by atoms with van der Waals surface area (Å²) < 4.78 is 48.9. The maximum Gasteiger partial charge on any atom is 0.389 e. The molecule has 3 N–H and O–H groups in total. The second-order valence-electron chi connectivity index (χ2n) is 4.12. The number of anilines is 1. The number of carbonyl (C=O) groups is 1. The summed E-state index contributed by atoms with van der Waals surface area (Å²) in [6.45, 7) is -0.327. The van der Waals surface area contributed by atoms with E-state index in [1.807, 2.05) is 0 Å². The van der Waals surface area contributed by atoms with Crippen molar-refractivity contribution in [2.24, 2.45) is 0 Å². The Hall–Kier alpha value is -2.39. The quantitative estimate of drug-likeness (QED) is 0.287. The predicted octanol–water partition coefficient (Wildman–Crippen LogP) is 2.39. The number of nitrogen functional groups attached to an aromatic ring is 1. The molecule has 1 rings (SSSR count). The Kier molecular flexibility index (Phi) is 5.06. The number of nitrogens with two attached hydrogens (primary N) is 1. The Balaban J connectivity index is 2.78. The Labute approximate surface area is 116 Å². The topological polar surface area (TPSA) is 98.3 Å². The number of nitro benzene ring substituents is 1. The van der Waals surface area contributed by atoms with Crippen LogP contribution >= 0.6 is 0 Å². The number of nitrogens with one attached hydrogen (secondary N) is 1. The van der Waals surface area contributed by atoms with Crippen LogP contribution < -0.4 is 11.1 Å². The van der Waals surface area contributed by atoms with Gasteiger partial charge in [0.1, 0.15) is 5.56 Å². The molecule has 1 aromatic rings. The third-order valence-electron chi connectivity index (χ3n) is 2.48. The van der Waals surface area contributed by atoms with E-state index in [4.69, 9.17) is 5.73 Å². The second-order valence-corrected chi connectivity index (χ2v) is 4.12. The molecule has 0 atom stereocenters. The van der Waals surface area contributed by atoms with Crippen LogP contribution in [0.15, 0.2) is 12.1 Å². The van der Waals surface area contributed by atoms with Crippen molar-refractivity contribution in [2.45, 2.75) is 19.0 Å². The molecule has 0 aliphatic carbocycles. The number of amides is 1. The summed E-state index contributed by atoms with van der Waals surface area (Å²) in [4.78, 5) is 21.4. The third-order valence-corrected chi connectivity index (χ3v) is 2.48. The monoisotopic (exact) mass is 309 g/mol. The molecule has 6 nitrogen and oxygen atoms in total. The molecule has 0 bridgehead atoms. The summed E-state index contributed by atoms with van der Waals surface area (Å²) in [5.74, 6) is -2.05. The fraction of sp³-hybridized carbons (Fsp3) is 0.364. The van der Waals surface area contributed by atoms with Crippen molar-refractivity contribution in [3.05, 3.63) is 33.6 Å². The molecule has 0 aromatic heterocycles. The van der Waals surface area contributed by atoms with E-state index in [0.717, 1.165) is 6.07 Å². The van der Waals surface area contributed by atoms with E-state index in [2.05, 4.69) is 5.32 Å². The highest BCUT2D eigenvalue weighted by atomic mass is 19.4. The predicted molar refractivity (Wildman–Crippen MR) is 65.1 cm³/mol. The molecule has 0 heterocycles. The SMILES string of the molecule is Nc1cc(C(=O)NCCCC(F)(F)F)c([N+](=O)[O-])cc1F. The molecule has 0 fully saturated rings. The second kappa shape index (κ2) is 6.37. The zero-order chi connectivity index (χ0) is 16.2. The number of hydrogen-bond acceptors (Lipinski definition) is 4. The largest absolute Gasteiger partial charge is 0.396 e. The molecule has 21 heavy (non-hydrogen) atoms. The third kappa shape index (κ3) is 4.89. The van der Waals surface area contributed by atoms with Crippen LogP contribution in [0.5, 0.6) is 0 Å². The number of hydrogen-bond donors (Lipinski definition) is 2. The van der Waals surface area contributed by atoms with Crippen LogP contribution in [-0.4, -0.2) is 23.6 Å². The van der Waals surface area contributed by atoms with Crippen LogP contribution in [-0.2, 0) is 0 Å². The Bertz CT molecular complexity index is 560. The molecular formula is C11H11F4N3O3. The summed E-state index contributed by atoms with van der Waals surface area (Å²) in [6.07, 6.45) is -5.82. The summed E-state index contributed by atoms with van der Waals surface area (Å²) in [6, 6.07) is 1.26. The van der Waals surface area contributed by atoms with Gasteiger partial charge >= 0.3 is 6.18 Å². The number of rotatable bonds is 5. The molecule has 1 amide bonds. The van der Waals surface area contributed by atoms with Crippen molar-refractivity contribution >= 4 is 17.3 Å². The minimum atomic E-state index is -4.35. The first kappa shape index (κ1) is 16.7. The summed E-state index contributed by atoms with van der Waals surface area (Å²) in [5.41, 5.74) is 3.42. The average molecular weight is 309 g/mol. The Morgan fingerprint density at radius 1 is 1.38 bits per heavy atom. The van der Waals surface area contributed by atoms with Gasteiger partial charge in [0.05, 0.1) is 16.7 Å². The number of halogens is 4. The molecule has 116 valence electrons. The molecule has 0 radical (unpaired) electrons. The van der Waals surface area contributed by atoms with Gasteiger partial charge in [-0.25, -0.2) is 4.39 Å². The van der Waals surface area contributed by atoms with Crippen molar-refractivity contribution in [1.82, 2.24) is 5.32 Å². The standard InChI is InChI=1S/C11H11F4N3O3/c12-7-5-9(18(20)21)6(4-8(7)16)10(19)17-3-1-2-11(13,14)15/h4-5H,1-3,16H2,(H,17,19). The lowest BCUT2D eigenvalue weighted by Gasteiger charge is -2.08. The van der Waals surface area contributed by atoms with Crippen LogP contribution in [0, 0.1) is 15.9 Å². The van der Waals surface area contributed by atoms with E-state index in [0.29, 0.717) is 6.07 Å². The molecule has 0 unspecified atom stereocenters. The van der Waals surface area contributed by atoms with Crippen LogP contribution in [0.1, 0.15) is 23.2 Å². The van der Waals surface area contributed by atoms with E-state index in [-0.39, 0.29) is 13.0 Å². The van der Waals surface area contributed by atoms with Crippen LogP contribution in [0.3, 0.4) is 0 Å². The molecule has 0 saturated carbocycles. The van der Waals surface area contributed by atoms with E-state index >= 15 is 0 Å². The molecule has 0 aliphatic rings. The molecule has 10 heteroatoms. The normalized spacial score (nSPS) is 11.2. The minimum absolute atomic E-state index is 0.327. The summed E-state index contributed by atoms with van der Waals surface area (Å²) in [5, 5.41) is 12.8. The minimum Gasteiger partial charge on any atom is -0.396 e. The van der Waals surface area contributed by atoms with Crippen molar-refractivity contribution in [1.29, 1.82) is 0 Å². The van der Waals surface area contributed by atoms with Crippen molar-refractivity contribution in [2.75, 3.05) is 12.3 Å². The zero-order valence-corrected chi connectivity index (χ0v) is 10.5. The van der Waals surface area contributed by atoms with E-state index < -0.39 is 46.2 Å². The van der Waals surface area contributed by atoms with Gasteiger partial charge in [0.15, 0.2) is 5.82 Å². The first-order valence-corrected chi connectivity index (χ1v) is 5.70. The highest BCUT2D eigenvalue weighted by Gasteiger charge is 2.27. The molecule has 1 aromatic carbocycles. The van der Waals surface area contributed by atoms with Gasteiger partial charge in [-0.05, 0) is 12.5 Å². The van der Waals surface area contributed by atoms with Crippen LogP contribution in [0.4, 0.5) is 28.9 Å². The van der Waals surface area contributed by atoms with Gasteiger partial charge in [-0.3, -0.25) is 14.9 Å². The van der Waals surface area contributed by atoms with Crippen molar-refractivity contribution in [3.8, 4) is 0 Å². The first-order valence-electron chi connectivity index (χ1n) is 5.70. The molecule has 0 aliphatic heterocycles. The van der Waals surface area contributed by atoms with E-state index in [1.54, 1.807) is 0 Å². The summed E-state index contributed by atoms with van der Waals surface area (Å²) >= 11 is 0. The van der Waals surface area contributed by atoms with Crippen molar-refractivity contribution in [3.63, 3.8) is 0 Å². The Morgan fingerprint density at radius 3 is 2.52 bits per heavy atom. The van der Waals surface area contributed by atoms with Crippen LogP contribution in [0.25, 0.3) is 0 Å². The highest BCUT2D eigenvalue weighted by Crippen LogP contribution is 2.24. The maximum atomic E-state index is 13.1.